The molecule has 0 nitrogen and oxygen atoms in total. The molecule has 0 heterocycles. The van der Waals surface area contributed by atoms with E-state index in [2.05, 4.69) is 46.9 Å². The molecule has 12 heavy (non-hydrogen) atoms. The second kappa shape index (κ2) is 4.97. The third-order valence-electron chi connectivity index (χ3n) is 1.99. The lowest BCUT2D eigenvalue weighted by atomic mass is 9.89. The van der Waals surface area contributed by atoms with Gasteiger partial charge in [-0.25, -0.2) is 0 Å². The van der Waals surface area contributed by atoms with Crippen LogP contribution in [0.4, 0.5) is 0 Å². The molecule has 0 atom stereocenters. The third kappa shape index (κ3) is 3.08. The summed E-state index contributed by atoms with van der Waals surface area (Å²) in [6.45, 7) is 16.5. The van der Waals surface area contributed by atoms with Crippen LogP contribution in [0, 0.1) is 11.8 Å². The first-order valence-electron chi connectivity index (χ1n) is 4.52. The molecule has 0 aromatic rings. The maximum absolute atomic E-state index is 4.08. The molecule has 0 spiro atoms. The van der Waals surface area contributed by atoms with Gasteiger partial charge in [-0.2, -0.15) is 0 Å². The monoisotopic (exact) mass is 164 g/mol. The summed E-state index contributed by atoms with van der Waals surface area (Å²) in [5.74, 6) is 1.07. The molecule has 0 unspecified atom stereocenters. The lowest BCUT2D eigenvalue weighted by Gasteiger charge is -2.16. The molecule has 0 saturated carbocycles. The molecule has 0 aliphatic rings. The van der Waals surface area contributed by atoms with Gasteiger partial charge in [0.05, 0.1) is 0 Å². The zero-order valence-electron chi connectivity index (χ0n) is 8.72. The summed E-state index contributed by atoms with van der Waals surface area (Å²) in [6, 6.07) is 0. The Hall–Kier alpha value is -0.780. The van der Waals surface area contributed by atoms with Gasteiger partial charge in [0.1, 0.15) is 0 Å². The van der Waals surface area contributed by atoms with Gasteiger partial charge in [-0.05, 0) is 23.0 Å². The lowest BCUT2D eigenvalue weighted by molar-refractivity contribution is 0.704. The molecule has 0 rings (SSSR count). The van der Waals surface area contributed by atoms with Crippen LogP contribution in [0.25, 0.3) is 0 Å². The van der Waals surface area contributed by atoms with Crippen molar-refractivity contribution in [3.05, 3.63) is 36.5 Å². The van der Waals surface area contributed by atoms with Gasteiger partial charge in [0, 0.05) is 0 Å². The zero-order valence-corrected chi connectivity index (χ0v) is 8.72. The van der Waals surface area contributed by atoms with Gasteiger partial charge in [-0.1, -0.05) is 53.0 Å². The Kier molecular flexibility index (Phi) is 4.65. The van der Waals surface area contributed by atoms with Gasteiger partial charge in [0.25, 0.3) is 0 Å². The highest BCUT2D eigenvalue weighted by Crippen LogP contribution is 2.23. The standard InChI is InChI=1S/C12H20/c1-7-8-12(10(4)5)11(6)9(2)3/h7-10H,1,6H2,2-5H3/b12-8-. The van der Waals surface area contributed by atoms with Crippen LogP contribution in [0.1, 0.15) is 27.7 Å². The van der Waals surface area contributed by atoms with Crippen molar-refractivity contribution in [2.24, 2.45) is 11.8 Å². The first kappa shape index (κ1) is 11.2. The number of allylic oxidation sites excluding steroid dienone is 4. The molecular weight excluding hydrogens is 144 g/mol. The Morgan fingerprint density at radius 2 is 1.58 bits per heavy atom. The Morgan fingerprint density at radius 3 is 1.83 bits per heavy atom. The fourth-order valence-corrected chi connectivity index (χ4v) is 1.13. The first-order valence-corrected chi connectivity index (χ1v) is 4.52. The Labute approximate surface area is 76.7 Å². The molecular formula is C12H20. The SMILES string of the molecule is C=C/C=C(\C(=C)C(C)C)C(C)C. The van der Waals surface area contributed by atoms with Crippen molar-refractivity contribution in [2.75, 3.05) is 0 Å². The minimum absolute atomic E-state index is 0.526. The zero-order chi connectivity index (χ0) is 9.72. The van der Waals surface area contributed by atoms with Crippen molar-refractivity contribution in [3.63, 3.8) is 0 Å². The number of hydrogen-bond donors (Lipinski definition) is 0. The third-order valence-corrected chi connectivity index (χ3v) is 1.99. The van der Waals surface area contributed by atoms with Crippen molar-refractivity contribution >= 4 is 0 Å². The van der Waals surface area contributed by atoms with Crippen LogP contribution in [-0.4, -0.2) is 0 Å². The molecule has 0 bridgehead atoms. The molecule has 0 fully saturated rings. The highest BCUT2D eigenvalue weighted by molar-refractivity contribution is 5.33. The maximum atomic E-state index is 4.08. The number of hydrogen-bond acceptors (Lipinski definition) is 0. The minimum Gasteiger partial charge on any atom is -0.0991 e. The van der Waals surface area contributed by atoms with E-state index in [-0.39, 0.29) is 0 Å². The van der Waals surface area contributed by atoms with E-state index < -0.39 is 0 Å². The smallest absolute Gasteiger partial charge is 0.0216 e. The normalized spacial score (nSPS) is 12.3. The predicted octanol–water partition coefficient (Wildman–Crippen LogP) is 3.97. The van der Waals surface area contributed by atoms with Crippen LogP contribution >= 0.6 is 0 Å². The van der Waals surface area contributed by atoms with Crippen molar-refractivity contribution in [2.45, 2.75) is 27.7 Å². The highest BCUT2D eigenvalue weighted by atomic mass is 14.1. The average Bonchev–Trinajstić information content (AvgIpc) is 1.98. The van der Waals surface area contributed by atoms with Gasteiger partial charge in [0.15, 0.2) is 0 Å². The van der Waals surface area contributed by atoms with Crippen LogP contribution < -0.4 is 0 Å². The average molecular weight is 164 g/mol. The molecule has 0 aromatic heterocycles. The largest absolute Gasteiger partial charge is 0.0991 e. The predicted molar refractivity (Wildman–Crippen MR) is 57.1 cm³/mol. The van der Waals surface area contributed by atoms with Crippen molar-refractivity contribution < 1.29 is 0 Å². The van der Waals surface area contributed by atoms with Crippen LogP contribution in [0.5, 0.6) is 0 Å². The first-order chi connectivity index (χ1) is 5.50. The topological polar surface area (TPSA) is 0 Å². The second-order valence-electron chi connectivity index (χ2n) is 3.69. The van der Waals surface area contributed by atoms with E-state index in [0.717, 1.165) is 0 Å². The molecule has 0 radical (unpaired) electrons. The van der Waals surface area contributed by atoms with E-state index in [0.29, 0.717) is 11.8 Å². The maximum Gasteiger partial charge on any atom is -0.0216 e. The summed E-state index contributed by atoms with van der Waals surface area (Å²) in [5.41, 5.74) is 2.55. The molecule has 0 N–H and O–H groups in total. The van der Waals surface area contributed by atoms with Crippen LogP contribution in [-0.2, 0) is 0 Å². The van der Waals surface area contributed by atoms with Gasteiger partial charge >= 0.3 is 0 Å². The van der Waals surface area contributed by atoms with E-state index >= 15 is 0 Å². The summed E-state index contributed by atoms with van der Waals surface area (Å²) >= 11 is 0. The quantitative estimate of drug-likeness (QED) is 0.551. The Balaban J connectivity index is 4.64. The fraction of sp³-hybridized carbons (Fsp3) is 0.500. The van der Waals surface area contributed by atoms with Crippen molar-refractivity contribution in [1.82, 2.24) is 0 Å². The van der Waals surface area contributed by atoms with E-state index in [9.17, 15) is 0 Å². The molecule has 0 aliphatic carbocycles. The summed E-state index contributed by atoms with van der Waals surface area (Å²) in [5, 5.41) is 0. The minimum atomic E-state index is 0.526. The van der Waals surface area contributed by atoms with Crippen LogP contribution in [0.15, 0.2) is 36.5 Å². The summed E-state index contributed by atoms with van der Waals surface area (Å²) in [4.78, 5) is 0. The van der Waals surface area contributed by atoms with E-state index in [4.69, 9.17) is 0 Å². The molecule has 68 valence electrons. The van der Waals surface area contributed by atoms with Gasteiger partial charge in [-0.3, -0.25) is 0 Å². The summed E-state index contributed by atoms with van der Waals surface area (Å²) in [7, 11) is 0. The van der Waals surface area contributed by atoms with E-state index in [1.807, 2.05) is 6.08 Å². The molecule has 0 aromatic carbocycles. The van der Waals surface area contributed by atoms with E-state index in [1.54, 1.807) is 0 Å². The molecule has 0 aliphatic heterocycles. The lowest BCUT2D eigenvalue weighted by Crippen LogP contribution is -2.02. The van der Waals surface area contributed by atoms with Crippen molar-refractivity contribution in [3.8, 4) is 0 Å². The van der Waals surface area contributed by atoms with E-state index in [1.165, 1.54) is 11.1 Å². The van der Waals surface area contributed by atoms with Crippen LogP contribution in [0.3, 0.4) is 0 Å². The van der Waals surface area contributed by atoms with Gasteiger partial charge < -0.3 is 0 Å². The highest BCUT2D eigenvalue weighted by Gasteiger charge is 2.09. The van der Waals surface area contributed by atoms with Gasteiger partial charge in [-0.15, -0.1) is 0 Å². The van der Waals surface area contributed by atoms with Gasteiger partial charge in [0.2, 0.25) is 0 Å². The second-order valence-corrected chi connectivity index (χ2v) is 3.69. The Bertz CT molecular complexity index is 192. The Morgan fingerprint density at radius 1 is 1.08 bits per heavy atom. The molecule has 0 saturated heterocycles. The summed E-state index contributed by atoms with van der Waals surface area (Å²) in [6.07, 6.45) is 3.90. The van der Waals surface area contributed by atoms with Crippen molar-refractivity contribution in [1.29, 1.82) is 0 Å². The molecule has 0 amide bonds. The fourth-order valence-electron chi connectivity index (χ4n) is 1.13. The molecule has 0 heteroatoms. The number of rotatable bonds is 4. The van der Waals surface area contributed by atoms with Crippen LogP contribution in [0.2, 0.25) is 0 Å². The summed E-state index contributed by atoms with van der Waals surface area (Å²) < 4.78 is 0.